The molecule has 13 heavy (non-hydrogen) atoms. The van der Waals surface area contributed by atoms with E-state index in [1.54, 1.807) is 38.0 Å². The number of hydrogen-bond donors (Lipinski definition) is 1. The van der Waals surface area contributed by atoms with Crippen LogP contribution in [0.2, 0.25) is 0 Å². The van der Waals surface area contributed by atoms with E-state index in [0.29, 0.717) is 5.69 Å². The summed E-state index contributed by atoms with van der Waals surface area (Å²) < 4.78 is 1.68. The molecule has 0 saturated heterocycles. The summed E-state index contributed by atoms with van der Waals surface area (Å²) in [6, 6.07) is 0. The largest absolute Gasteiger partial charge is 0.385 e. The van der Waals surface area contributed by atoms with Gasteiger partial charge in [0, 0.05) is 13.2 Å². The average Bonchev–Trinajstić information content (AvgIpc) is 2.49. The Morgan fingerprint density at radius 1 is 1.62 bits per heavy atom. The number of aryl methyl sites for hydroxylation is 1. The summed E-state index contributed by atoms with van der Waals surface area (Å²) in [5, 5.41) is 9.46. The number of aliphatic hydroxyl groups excluding tert-OH is 1. The Balaban J connectivity index is 2.79. The molecule has 1 heterocycles. The van der Waals surface area contributed by atoms with Gasteiger partial charge in [-0.05, 0) is 5.92 Å². The lowest BCUT2D eigenvalue weighted by Gasteiger charge is -2.10. The van der Waals surface area contributed by atoms with Crippen LogP contribution in [0.15, 0.2) is 12.5 Å². The first-order valence-corrected chi connectivity index (χ1v) is 4.22. The fourth-order valence-electron chi connectivity index (χ4n) is 0.994. The predicted molar refractivity (Wildman–Crippen MR) is 48.4 cm³/mol. The highest BCUT2D eigenvalue weighted by Gasteiger charge is 2.21. The third kappa shape index (κ3) is 2.15. The van der Waals surface area contributed by atoms with Gasteiger partial charge in [-0.15, -0.1) is 0 Å². The number of carbonyl (C=O) groups excluding carboxylic acids is 1. The minimum atomic E-state index is -0.949. The van der Waals surface area contributed by atoms with Crippen molar-refractivity contribution in [3.8, 4) is 0 Å². The molecular weight excluding hydrogens is 168 g/mol. The topological polar surface area (TPSA) is 55.1 Å². The third-order valence-corrected chi connectivity index (χ3v) is 1.86. The van der Waals surface area contributed by atoms with Gasteiger partial charge < -0.3 is 9.67 Å². The highest BCUT2D eigenvalue weighted by molar-refractivity contribution is 5.97. The zero-order valence-electron chi connectivity index (χ0n) is 8.06. The molecule has 1 aromatic heterocycles. The van der Waals surface area contributed by atoms with Gasteiger partial charge in [0.15, 0.2) is 0 Å². The molecule has 0 aliphatic carbocycles. The summed E-state index contributed by atoms with van der Waals surface area (Å²) in [7, 11) is 1.78. The zero-order chi connectivity index (χ0) is 10.0. The lowest BCUT2D eigenvalue weighted by molar-refractivity contribution is 0.0643. The second-order valence-electron chi connectivity index (χ2n) is 3.48. The van der Waals surface area contributed by atoms with E-state index in [1.165, 1.54) is 0 Å². The molecule has 4 nitrogen and oxygen atoms in total. The maximum absolute atomic E-state index is 11.5. The molecule has 72 valence electrons. The van der Waals surface area contributed by atoms with E-state index < -0.39 is 6.10 Å². The number of imidazole rings is 1. The molecule has 1 aromatic rings. The quantitative estimate of drug-likeness (QED) is 0.697. The summed E-state index contributed by atoms with van der Waals surface area (Å²) in [4.78, 5) is 15.3. The van der Waals surface area contributed by atoms with Crippen molar-refractivity contribution in [2.75, 3.05) is 0 Å². The van der Waals surface area contributed by atoms with Gasteiger partial charge in [0.2, 0.25) is 5.78 Å². The fourth-order valence-corrected chi connectivity index (χ4v) is 0.994. The lowest BCUT2D eigenvalue weighted by atomic mass is 10.0. The molecule has 1 unspecified atom stereocenters. The van der Waals surface area contributed by atoms with Gasteiger partial charge >= 0.3 is 0 Å². The SMILES string of the molecule is CC(C)C(O)C(=O)c1cn(C)cn1. The summed E-state index contributed by atoms with van der Waals surface area (Å²) in [6.07, 6.45) is 2.20. The first-order valence-electron chi connectivity index (χ1n) is 4.22. The number of nitrogens with zero attached hydrogens (tertiary/aromatic N) is 2. The number of ketones is 1. The number of rotatable bonds is 3. The number of carbonyl (C=O) groups is 1. The maximum atomic E-state index is 11.5. The van der Waals surface area contributed by atoms with Gasteiger partial charge in [-0.2, -0.15) is 0 Å². The standard InChI is InChI=1S/C9H14N2O2/c1-6(2)8(12)9(13)7-4-11(3)5-10-7/h4-6,8,12H,1-3H3. The Morgan fingerprint density at radius 2 is 2.23 bits per heavy atom. The van der Waals surface area contributed by atoms with Crippen molar-refractivity contribution in [2.45, 2.75) is 20.0 Å². The Labute approximate surface area is 77.2 Å². The second kappa shape index (κ2) is 3.70. The summed E-state index contributed by atoms with van der Waals surface area (Å²) in [5.41, 5.74) is 0.323. The van der Waals surface area contributed by atoms with Gasteiger partial charge in [-0.3, -0.25) is 4.79 Å². The molecule has 1 rings (SSSR count). The Hall–Kier alpha value is -1.16. The number of Topliss-reactive ketones (excluding diaryl/α,β-unsaturated/α-hetero) is 1. The smallest absolute Gasteiger partial charge is 0.211 e. The Kier molecular flexibility index (Phi) is 2.83. The van der Waals surface area contributed by atoms with Crippen molar-refractivity contribution in [1.29, 1.82) is 0 Å². The molecular formula is C9H14N2O2. The Morgan fingerprint density at radius 3 is 2.62 bits per heavy atom. The molecule has 0 fully saturated rings. The molecule has 1 atom stereocenters. The van der Waals surface area contributed by atoms with E-state index in [-0.39, 0.29) is 11.7 Å². The van der Waals surface area contributed by atoms with E-state index >= 15 is 0 Å². The van der Waals surface area contributed by atoms with E-state index in [1.807, 2.05) is 0 Å². The monoisotopic (exact) mass is 182 g/mol. The van der Waals surface area contributed by atoms with E-state index in [0.717, 1.165) is 0 Å². The van der Waals surface area contributed by atoms with Crippen molar-refractivity contribution in [3.05, 3.63) is 18.2 Å². The van der Waals surface area contributed by atoms with Crippen molar-refractivity contribution >= 4 is 5.78 Å². The van der Waals surface area contributed by atoms with E-state index in [9.17, 15) is 9.90 Å². The highest BCUT2D eigenvalue weighted by atomic mass is 16.3. The van der Waals surface area contributed by atoms with Gasteiger partial charge in [-0.25, -0.2) is 4.98 Å². The molecule has 0 saturated carbocycles. The third-order valence-electron chi connectivity index (χ3n) is 1.86. The number of hydrogen-bond acceptors (Lipinski definition) is 3. The zero-order valence-corrected chi connectivity index (χ0v) is 8.06. The maximum Gasteiger partial charge on any atom is 0.211 e. The molecule has 4 heteroatoms. The number of aliphatic hydroxyl groups is 1. The summed E-state index contributed by atoms with van der Waals surface area (Å²) in [5.74, 6) is -0.384. The van der Waals surface area contributed by atoms with Crippen molar-refractivity contribution in [3.63, 3.8) is 0 Å². The van der Waals surface area contributed by atoms with Crippen LogP contribution in [0.5, 0.6) is 0 Å². The van der Waals surface area contributed by atoms with Crippen LogP contribution in [0, 0.1) is 5.92 Å². The molecule has 0 radical (unpaired) electrons. The van der Waals surface area contributed by atoms with E-state index in [4.69, 9.17) is 0 Å². The predicted octanol–water partition coefficient (Wildman–Crippen LogP) is 0.620. The van der Waals surface area contributed by atoms with Crippen LogP contribution < -0.4 is 0 Å². The molecule has 1 N–H and O–H groups in total. The highest BCUT2D eigenvalue weighted by Crippen LogP contribution is 2.08. The van der Waals surface area contributed by atoms with Crippen LogP contribution in [0.3, 0.4) is 0 Å². The van der Waals surface area contributed by atoms with Crippen LogP contribution in [-0.4, -0.2) is 26.5 Å². The molecule has 0 aliphatic rings. The van der Waals surface area contributed by atoms with Gasteiger partial charge in [0.1, 0.15) is 11.8 Å². The molecule has 0 bridgehead atoms. The Bertz CT molecular complexity index is 304. The fraction of sp³-hybridized carbons (Fsp3) is 0.556. The summed E-state index contributed by atoms with van der Waals surface area (Å²) >= 11 is 0. The van der Waals surface area contributed by atoms with Crippen LogP contribution >= 0.6 is 0 Å². The lowest BCUT2D eigenvalue weighted by Crippen LogP contribution is -2.26. The molecule has 0 spiro atoms. The van der Waals surface area contributed by atoms with Crippen molar-refractivity contribution in [2.24, 2.45) is 13.0 Å². The minimum Gasteiger partial charge on any atom is -0.385 e. The molecule has 0 amide bonds. The average molecular weight is 182 g/mol. The van der Waals surface area contributed by atoms with Gasteiger partial charge in [0.25, 0.3) is 0 Å². The van der Waals surface area contributed by atoms with Crippen molar-refractivity contribution < 1.29 is 9.90 Å². The molecule has 0 aliphatic heterocycles. The van der Waals surface area contributed by atoms with Gasteiger partial charge in [-0.1, -0.05) is 13.8 Å². The van der Waals surface area contributed by atoms with Crippen LogP contribution in [0.4, 0.5) is 0 Å². The minimum absolute atomic E-state index is 0.0745. The van der Waals surface area contributed by atoms with Crippen LogP contribution in [0.1, 0.15) is 24.3 Å². The van der Waals surface area contributed by atoms with Crippen LogP contribution in [-0.2, 0) is 7.05 Å². The first-order chi connectivity index (χ1) is 6.02. The normalized spacial score (nSPS) is 13.3. The van der Waals surface area contributed by atoms with Crippen molar-refractivity contribution in [1.82, 2.24) is 9.55 Å². The first kappa shape index (κ1) is 9.92. The van der Waals surface area contributed by atoms with Crippen LogP contribution in [0.25, 0.3) is 0 Å². The summed E-state index contributed by atoms with van der Waals surface area (Å²) in [6.45, 7) is 3.59. The molecule has 0 aromatic carbocycles. The van der Waals surface area contributed by atoms with Gasteiger partial charge in [0.05, 0.1) is 6.33 Å². The number of aromatic nitrogens is 2. The van der Waals surface area contributed by atoms with E-state index in [2.05, 4.69) is 4.98 Å². The second-order valence-corrected chi connectivity index (χ2v) is 3.48.